The summed E-state index contributed by atoms with van der Waals surface area (Å²) in [6.07, 6.45) is 3.24. The number of hydrogen-bond donors (Lipinski definition) is 0. The van der Waals surface area contributed by atoms with Crippen LogP contribution in [0.5, 0.6) is 5.75 Å². The molecule has 0 amide bonds. The maximum atomic E-state index is 13.4. The summed E-state index contributed by atoms with van der Waals surface area (Å²) in [6.45, 7) is 0.170. The van der Waals surface area contributed by atoms with Crippen molar-refractivity contribution in [3.63, 3.8) is 0 Å². The highest BCUT2D eigenvalue weighted by atomic mass is 79.9. The van der Waals surface area contributed by atoms with Crippen LogP contribution in [0.25, 0.3) is 0 Å². The molecule has 0 saturated heterocycles. The molecule has 0 spiro atoms. The van der Waals surface area contributed by atoms with E-state index in [0.717, 1.165) is 8.95 Å². The van der Waals surface area contributed by atoms with Gasteiger partial charge in [-0.25, -0.2) is 4.39 Å². The van der Waals surface area contributed by atoms with Gasteiger partial charge in [-0.05, 0) is 40.2 Å². The normalized spacial score (nSPS) is 10.3. The van der Waals surface area contributed by atoms with Crippen LogP contribution in [0, 0.1) is 5.82 Å². The summed E-state index contributed by atoms with van der Waals surface area (Å²) in [7, 11) is 0. The number of pyridine rings is 1. The minimum absolute atomic E-state index is 0.170. The van der Waals surface area contributed by atoms with Gasteiger partial charge in [0.05, 0.1) is 6.20 Å². The van der Waals surface area contributed by atoms with Crippen LogP contribution >= 0.6 is 31.9 Å². The van der Waals surface area contributed by atoms with E-state index < -0.39 is 0 Å². The summed E-state index contributed by atoms with van der Waals surface area (Å²) in [5.41, 5.74) is 0.499. The third-order valence-electron chi connectivity index (χ3n) is 2.08. The van der Waals surface area contributed by atoms with Gasteiger partial charge in [0.1, 0.15) is 18.2 Å². The molecule has 2 nitrogen and oxygen atoms in total. The first-order valence-electron chi connectivity index (χ1n) is 4.82. The second-order valence-electron chi connectivity index (χ2n) is 3.36. The Morgan fingerprint density at radius 1 is 1.12 bits per heavy atom. The van der Waals surface area contributed by atoms with E-state index >= 15 is 0 Å². The van der Waals surface area contributed by atoms with Gasteiger partial charge in [-0.15, -0.1) is 0 Å². The molecule has 0 aliphatic carbocycles. The van der Waals surface area contributed by atoms with Crippen molar-refractivity contribution >= 4 is 31.9 Å². The van der Waals surface area contributed by atoms with Gasteiger partial charge in [0.25, 0.3) is 0 Å². The molecular weight excluding hydrogens is 353 g/mol. The Balaban J connectivity index is 2.09. The van der Waals surface area contributed by atoms with Crippen molar-refractivity contribution in [3.8, 4) is 5.75 Å². The van der Waals surface area contributed by atoms with Crippen LogP contribution in [-0.4, -0.2) is 4.98 Å². The molecule has 0 radical (unpaired) electrons. The van der Waals surface area contributed by atoms with Crippen LogP contribution in [0.3, 0.4) is 0 Å². The molecule has 0 saturated carbocycles. The lowest BCUT2D eigenvalue weighted by Crippen LogP contribution is -1.98. The van der Waals surface area contributed by atoms with Crippen molar-refractivity contribution in [2.75, 3.05) is 0 Å². The van der Waals surface area contributed by atoms with Gasteiger partial charge in [-0.1, -0.05) is 15.9 Å². The zero-order chi connectivity index (χ0) is 12.3. The van der Waals surface area contributed by atoms with Crippen LogP contribution in [-0.2, 0) is 6.61 Å². The Labute approximate surface area is 115 Å². The average Bonchev–Trinajstić information content (AvgIpc) is 2.30. The third kappa shape index (κ3) is 3.51. The van der Waals surface area contributed by atoms with Crippen molar-refractivity contribution in [1.29, 1.82) is 0 Å². The average molecular weight is 361 g/mol. The lowest BCUT2D eigenvalue weighted by atomic mass is 10.2. The van der Waals surface area contributed by atoms with Crippen LogP contribution < -0.4 is 4.74 Å². The summed E-state index contributed by atoms with van der Waals surface area (Å²) >= 11 is 6.58. The molecule has 0 aliphatic rings. The van der Waals surface area contributed by atoms with Crippen molar-refractivity contribution < 1.29 is 9.13 Å². The van der Waals surface area contributed by atoms with Crippen LogP contribution in [0.1, 0.15) is 5.56 Å². The summed E-state index contributed by atoms with van der Waals surface area (Å²) in [6, 6.07) is 6.53. The Hall–Kier alpha value is -0.940. The van der Waals surface area contributed by atoms with Crippen LogP contribution in [0.15, 0.2) is 45.6 Å². The molecule has 5 heteroatoms. The van der Waals surface area contributed by atoms with Gasteiger partial charge in [0.15, 0.2) is 0 Å². The van der Waals surface area contributed by atoms with Gasteiger partial charge in [0.2, 0.25) is 0 Å². The minimum atomic E-state index is -0.281. The maximum absolute atomic E-state index is 13.4. The summed E-state index contributed by atoms with van der Waals surface area (Å²) in [4.78, 5) is 3.96. The number of rotatable bonds is 3. The molecule has 88 valence electrons. The third-order valence-corrected chi connectivity index (χ3v) is 3.01. The van der Waals surface area contributed by atoms with Crippen molar-refractivity contribution in [2.45, 2.75) is 6.61 Å². The first-order valence-corrected chi connectivity index (χ1v) is 6.41. The number of ether oxygens (including phenoxy) is 1. The molecule has 1 aromatic heterocycles. The van der Waals surface area contributed by atoms with E-state index in [0.29, 0.717) is 11.3 Å². The number of hydrogen-bond acceptors (Lipinski definition) is 2. The topological polar surface area (TPSA) is 22.1 Å². The standard InChI is InChI=1S/C12H8Br2FNO/c13-9-1-2-12(15)8(3-9)7-17-11-4-10(14)5-16-6-11/h1-6H,7H2. The fraction of sp³-hybridized carbons (Fsp3) is 0.0833. The molecule has 1 heterocycles. The Bertz CT molecular complexity index is 534. The van der Waals surface area contributed by atoms with E-state index in [1.807, 2.05) is 0 Å². The highest BCUT2D eigenvalue weighted by Crippen LogP contribution is 2.20. The minimum Gasteiger partial charge on any atom is -0.487 e. The highest BCUT2D eigenvalue weighted by molar-refractivity contribution is 9.10. The fourth-order valence-corrected chi connectivity index (χ4v) is 2.04. The molecule has 0 atom stereocenters. The van der Waals surface area contributed by atoms with Crippen LogP contribution in [0.4, 0.5) is 4.39 Å². The van der Waals surface area contributed by atoms with Crippen molar-refractivity contribution in [3.05, 3.63) is 57.0 Å². The predicted octanol–water partition coefficient (Wildman–Crippen LogP) is 4.32. The van der Waals surface area contributed by atoms with Crippen molar-refractivity contribution in [2.24, 2.45) is 0 Å². The van der Waals surface area contributed by atoms with Crippen LogP contribution in [0.2, 0.25) is 0 Å². The smallest absolute Gasteiger partial charge is 0.139 e. The second-order valence-corrected chi connectivity index (χ2v) is 5.19. The van der Waals surface area contributed by atoms with E-state index in [1.165, 1.54) is 6.07 Å². The Morgan fingerprint density at radius 3 is 2.71 bits per heavy atom. The van der Waals surface area contributed by atoms with Gasteiger partial charge < -0.3 is 4.74 Å². The molecule has 2 rings (SSSR count). The maximum Gasteiger partial charge on any atom is 0.139 e. The molecule has 0 fully saturated rings. The first kappa shape index (κ1) is 12.5. The molecule has 0 bridgehead atoms. The second kappa shape index (κ2) is 5.60. The van der Waals surface area contributed by atoms with Gasteiger partial charge in [0, 0.05) is 20.7 Å². The molecule has 1 aromatic carbocycles. The highest BCUT2D eigenvalue weighted by Gasteiger charge is 2.04. The molecule has 2 aromatic rings. The fourth-order valence-electron chi connectivity index (χ4n) is 1.29. The van der Waals surface area contributed by atoms with E-state index in [2.05, 4.69) is 36.8 Å². The summed E-state index contributed by atoms with van der Waals surface area (Å²) < 4.78 is 20.5. The largest absolute Gasteiger partial charge is 0.487 e. The summed E-state index contributed by atoms with van der Waals surface area (Å²) in [5, 5.41) is 0. The lowest BCUT2D eigenvalue weighted by molar-refractivity contribution is 0.298. The Kier molecular flexibility index (Phi) is 4.12. The molecule has 0 unspecified atom stereocenters. The van der Waals surface area contributed by atoms with E-state index in [9.17, 15) is 4.39 Å². The van der Waals surface area contributed by atoms with Gasteiger partial charge in [-0.3, -0.25) is 4.98 Å². The SMILES string of the molecule is Fc1ccc(Br)cc1COc1cncc(Br)c1. The number of halogens is 3. The molecule has 17 heavy (non-hydrogen) atoms. The Morgan fingerprint density at radius 2 is 1.94 bits per heavy atom. The first-order chi connectivity index (χ1) is 8.15. The van der Waals surface area contributed by atoms with E-state index in [1.54, 1.807) is 30.6 Å². The number of aromatic nitrogens is 1. The molecular formula is C12H8Br2FNO. The zero-order valence-electron chi connectivity index (χ0n) is 8.66. The van der Waals surface area contributed by atoms with Crippen molar-refractivity contribution in [1.82, 2.24) is 4.98 Å². The molecule has 0 N–H and O–H groups in total. The van der Waals surface area contributed by atoms with Gasteiger partial charge >= 0.3 is 0 Å². The quantitative estimate of drug-likeness (QED) is 0.812. The lowest BCUT2D eigenvalue weighted by Gasteiger charge is -2.07. The van der Waals surface area contributed by atoms with Gasteiger partial charge in [-0.2, -0.15) is 0 Å². The number of nitrogens with zero attached hydrogens (tertiary/aromatic N) is 1. The van der Waals surface area contributed by atoms with E-state index in [4.69, 9.17) is 4.74 Å². The number of benzene rings is 1. The van der Waals surface area contributed by atoms with E-state index in [-0.39, 0.29) is 12.4 Å². The monoisotopic (exact) mass is 359 g/mol. The summed E-state index contributed by atoms with van der Waals surface area (Å²) in [5.74, 6) is 0.315. The zero-order valence-corrected chi connectivity index (χ0v) is 11.8. The predicted molar refractivity (Wildman–Crippen MR) is 70.4 cm³/mol. The molecule has 0 aliphatic heterocycles.